The number of ether oxygens (including phenoxy) is 1. The highest BCUT2D eigenvalue weighted by Gasteiger charge is 2.01. The van der Waals surface area contributed by atoms with Crippen LogP contribution < -0.4 is 15.4 Å². The summed E-state index contributed by atoms with van der Waals surface area (Å²) in [5.41, 5.74) is 3.52. The highest BCUT2D eigenvalue weighted by molar-refractivity contribution is 5.79. The molecule has 2 N–H and O–H groups in total. The quantitative estimate of drug-likeness (QED) is 0.411. The highest BCUT2D eigenvalue weighted by atomic mass is 16.5. The lowest BCUT2D eigenvalue weighted by molar-refractivity contribution is 0.311. The first-order valence-corrected chi connectivity index (χ1v) is 9.23. The summed E-state index contributed by atoms with van der Waals surface area (Å²) in [5.74, 6) is 1.75. The Morgan fingerprint density at radius 2 is 1.77 bits per heavy atom. The number of nitrogens with one attached hydrogen (secondary N) is 2. The molecule has 0 saturated carbocycles. The Morgan fingerprint density at radius 1 is 1.08 bits per heavy atom. The smallest absolute Gasteiger partial charge is 0.190 e. The molecule has 0 atom stereocenters. The van der Waals surface area contributed by atoms with Crippen LogP contribution in [0.4, 0.5) is 0 Å². The van der Waals surface area contributed by atoms with Gasteiger partial charge in [-0.3, -0.25) is 9.67 Å². The molecule has 1 aromatic carbocycles. The molecule has 0 aliphatic carbocycles. The Hall–Kier alpha value is -2.50. The molecule has 26 heavy (non-hydrogen) atoms. The van der Waals surface area contributed by atoms with E-state index >= 15 is 0 Å². The van der Waals surface area contributed by atoms with Crippen LogP contribution in [0.2, 0.25) is 0 Å². The van der Waals surface area contributed by atoms with E-state index in [2.05, 4.69) is 57.5 Å². The maximum absolute atomic E-state index is 5.73. The molecular formula is C20H31N5O. The van der Waals surface area contributed by atoms with Crippen LogP contribution in [0, 0.1) is 20.8 Å². The molecular weight excluding hydrogens is 326 g/mol. The fourth-order valence-corrected chi connectivity index (χ4v) is 2.66. The average molecular weight is 358 g/mol. The van der Waals surface area contributed by atoms with Crippen molar-refractivity contribution in [3.05, 3.63) is 47.3 Å². The van der Waals surface area contributed by atoms with Gasteiger partial charge in [-0.1, -0.05) is 17.7 Å². The van der Waals surface area contributed by atoms with Crippen LogP contribution in [0.3, 0.4) is 0 Å². The largest absolute Gasteiger partial charge is 0.494 e. The zero-order valence-corrected chi connectivity index (χ0v) is 16.4. The maximum Gasteiger partial charge on any atom is 0.190 e. The molecule has 0 radical (unpaired) electrons. The van der Waals surface area contributed by atoms with Gasteiger partial charge < -0.3 is 15.4 Å². The molecule has 0 aliphatic heterocycles. The van der Waals surface area contributed by atoms with Crippen LogP contribution in [0.1, 0.15) is 29.8 Å². The van der Waals surface area contributed by atoms with E-state index in [1.807, 2.05) is 19.1 Å². The van der Waals surface area contributed by atoms with Crippen LogP contribution in [0.15, 0.2) is 35.3 Å². The third-order valence-corrected chi connectivity index (χ3v) is 4.07. The van der Waals surface area contributed by atoms with Crippen molar-refractivity contribution >= 4 is 5.96 Å². The number of guanidine groups is 1. The van der Waals surface area contributed by atoms with Gasteiger partial charge in [-0.05, 0) is 51.8 Å². The molecule has 6 heteroatoms. The topological polar surface area (TPSA) is 63.5 Å². The van der Waals surface area contributed by atoms with Crippen LogP contribution in [0.25, 0.3) is 0 Å². The van der Waals surface area contributed by atoms with E-state index in [-0.39, 0.29) is 0 Å². The molecule has 0 saturated heterocycles. The number of nitrogens with zero attached hydrogens (tertiary/aromatic N) is 3. The molecule has 0 aliphatic rings. The number of rotatable bonds is 9. The minimum atomic E-state index is 0.685. The third kappa shape index (κ3) is 6.78. The number of aromatic nitrogens is 2. The van der Waals surface area contributed by atoms with Gasteiger partial charge in [0.15, 0.2) is 5.96 Å². The number of aliphatic imine (C=N–C) groups is 1. The lowest BCUT2D eigenvalue weighted by atomic mass is 10.2. The monoisotopic (exact) mass is 357 g/mol. The van der Waals surface area contributed by atoms with Gasteiger partial charge in [0.05, 0.1) is 12.3 Å². The van der Waals surface area contributed by atoms with Crippen LogP contribution in [-0.4, -0.2) is 42.5 Å². The maximum atomic E-state index is 5.73. The number of hydrogen-bond donors (Lipinski definition) is 2. The van der Waals surface area contributed by atoms with E-state index in [1.54, 1.807) is 7.05 Å². The molecule has 0 fully saturated rings. The van der Waals surface area contributed by atoms with Crippen molar-refractivity contribution in [3.8, 4) is 5.75 Å². The van der Waals surface area contributed by atoms with Crippen molar-refractivity contribution in [2.45, 2.75) is 40.2 Å². The molecule has 1 heterocycles. The Bertz CT molecular complexity index is 691. The van der Waals surface area contributed by atoms with Gasteiger partial charge in [0, 0.05) is 32.4 Å². The first-order valence-electron chi connectivity index (χ1n) is 9.23. The summed E-state index contributed by atoms with van der Waals surface area (Å²) in [5, 5.41) is 11.1. The fraction of sp³-hybridized carbons (Fsp3) is 0.500. The van der Waals surface area contributed by atoms with Gasteiger partial charge in [-0.15, -0.1) is 0 Å². The standard InChI is InChI=1S/C20H31N5O/c1-16-7-9-19(10-8-16)26-14-6-12-23-20(21-4)22-11-5-13-25-18(3)15-17(2)24-25/h7-10,15H,5-6,11-14H2,1-4H3,(H2,21,22,23). The molecule has 1 aromatic heterocycles. The summed E-state index contributed by atoms with van der Waals surface area (Å²) in [6.45, 7) is 9.46. The predicted molar refractivity (Wildman–Crippen MR) is 107 cm³/mol. The van der Waals surface area contributed by atoms with E-state index in [4.69, 9.17) is 4.74 Å². The van der Waals surface area contributed by atoms with Crippen LogP contribution >= 0.6 is 0 Å². The van der Waals surface area contributed by atoms with Crippen molar-refractivity contribution in [2.75, 3.05) is 26.7 Å². The number of benzene rings is 1. The normalized spacial score (nSPS) is 11.5. The molecule has 2 aromatic rings. The van der Waals surface area contributed by atoms with Crippen LogP contribution in [0.5, 0.6) is 5.75 Å². The van der Waals surface area contributed by atoms with E-state index in [1.165, 1.54) is 11.3 Å². The summed E-state index contributed by atoms with van der Waals surface area (Å²) in [7, 11) is 1.79. The summed E-state index contributed by atoms with van der Waals surface area (Å²) in [6.07, 6.45) is 1.92. The third-order valence-electron chi connectivity index (χ3n) is 4.07. The highest BCUT2D eigenvalue weighted by Crippen LogP contribution is 2.11. The molecule has 6 nitrogen and oxygen atoms in total. The molecule has 0 unspecified atom stereocenters. The van der Waals surface area contributed by atoms with E-state index < -0.39 is 0 Å². The van der Waals surface area contributed by atoms with Gasteiger partial charge in [0.25, 0.3) is 0 Å². The van der Waals surface area contributed by atoms with Crippen LogP contribution in [-0.2, 0) is 6.54 Å². The van der Waals surface area contributed by atoms with Crippen molar-refractivity contribution in [2.24, 2.45) is 4.99 Å². The summed E-state index contributed by atoms with van der Waals surface area (Å²) in [4.78, 5) is 4.25. The summed E-state index contributed by atoms with van der Waals surface area (Å²) in [6, 6.07) is 10.2. The number of hydrogen-bond acceptors (Lipinski definition) is 3. The van der Waals surface area contributed by atoms with Crippen molar-refractivity contribution < 1.29 is 4.74 Å². The first-order chi connectivity index (χ1) is 12.6. The van der Waals surface area contributed by atoms with E-state index in [0.717, 1.165) is 49.9 Å². The average Bonchev–Trinajstić information content (AvgIpc) is 2.95. The Kier molecular flexibility index (Phi) is 7.99. The van der Waals surface area contributed by atoms with Gasteiger partial charge >= 0.3 is 0 Å². The summed E-state index contributed by atoms with van der Waals surface area (Å²) >= 11 is 0. The fourth-order valence-electron chi connectivity index (χ4n) is 2.66. The van der Waals surface area contributed by atoms with Gasteiger partial charge in [0.2, 0.25) is 0 Å². The van der Waals surface area contributed by atoms with Gasteiger partial charge in [0.1, 0.15) is 5.75 Å². The Morgan fingerprint density at radius 3 is 2.38 bits per heavy atom. The van der Waals surface area contributed by atoms with Crippen molar-refractivity contribution in [3.63, 3.8) is 0 Å². The SMILES string of the molecule is CN=C(NCCCOc1ccc(C)cc1)NCCCn1nc(C)cc1C. The predicted octanol–water partition coefficient (Wildman–Crippen LogP) is 2.83. The molecule has 142 valence electrons. The van der Waals surface area contributed by atoms with Crippen molar-refractivity contribution in [1.82, 2.24) is 20.4 Å². The van der Waals surface area contributed by atoms with E-state index in [0.29, 0.717) is 6.61 Å². The molecule has 0 amide bonds. The van der Waals surface area contributed by atoms with Gasteiger partial charge in [-0.25, -0.2) is 0 Å². The Labute approximate surface area is 156 Å². The minimum Gasteiger partial charge on any atom is -0.494 e. The second-order valence-electron chi connectivity index (χ2n) is 6.44. The first kappa shape index (κ1) is 19.8. The van der Waals surface area contributed by atoms with Gasteiger partial charge in [-0.2, -0.15) is 5.10 Å². The summed E-state index contributed by atoms with van der Waals surface area (Å²) < 4.78 is 7.78. The minimum absolute atomic E-state index is 0.685. The lowest BCUT2D eigenvalue weighted by Gasteiger charge is -2.12. The van der Waals surface area contributed by atoms with E-state index in [9.17, 15) is 0 Å². The number of aryl methyl sites for hydroxylation is 4. The molecule has 0 spiro atoms. The lowest BCUT2D eigenvalue weighted by Crippen LogP contribution is -2.38. The molecule has 0 bridgehead atoms. The van der Waals surface area contributed by atoms with Crippen molar-refractivity contribution in [1.29, 1.82) is 0 Å². The Balaban J connectivity index is 1.56. The second-order valence-corrected chi connectivity index (χ2v) is 6.44. The molecule has 2 rings (SSSR count). The zero-order valence-electron chi connectivity index (χ0n) is 16.4. The zero-order chi connectivity index (χ0) is 18.8. The second kappa shape index (κ2) is 10.5.